The molecule has 2 aliphatic heterocycles. The summed E-state index contributed by atoms with van der Waals surface area (Å²) < 4.78 is 0. The van der Waals surface area contributed by atoms with Crippen molar-refractivity contribution in [3.05, 3.63) is 36.8 Å². The summed E-state index contributed by atoms with van der Waals surface area (Å²) in [7, 11) is 2.17. The molecule has 0 N–H and O–H groups in total. The number of anilines is 3. The molecule has 7 heteroatoms. The van der Waals surface area contributed by atoms with Crippen LogP contribution < -0.4 is 14.7 Å². The van der Waals surface area contributed by atoms with E-state index in [-0.39, 0.29) is 0 Å². The van der Waals surface area contributed by atoms with E-state index in [0.717, 1.165) is 69.8 Å². The summed E-state index contributed by atoms with van der Waals surface area (Å²) in [6, 6.07) is 8.22. The van der Waals surface area contributed by atoms with Crippen molar-refractivity contribution in [3.63, 3.8) is 0 Å². The van der Waals surface area contributed by atoms with Gasteiger partial charge >= 0.3 is 0 Å². The molecule has 2 aromatic rings. The minimum atomic E-state index is 0.954. The Bertz CT molecular complexity index is 677. The molecular formula is C18H25N7. The first-order valence-electron chi connectivity index (χ1n) is 8.96. The van der Waals surface area contributed by atoms with Crippen LogP contribution in [-0.4, -0.2) is 79.3 Å². The minimum Gasteiger partial charge on any atom is -0.354 e. The molecule has 132 valence electrons. The summed E-state index contributed by atoms with van der Waals surface area (Å²) in [6.07, 6.45) is 3.56. The third kappa shape index (κ3) is 3.66. The number of likely N-dealkylation sites (N-methyl/N-ethyl adjacent to an activating group) is 1. The maximum atomic E-state index is 4.51. The van der Waals surface area contributed by atoms with E-state index in [1.807, 2.05) is 18.3 Å². The lowest BCUT2D eigenvalue weighted by molar-refractivity contribution is 0.312. The standard InChI is InChI=1S/C18H25N7/c1-22-6-8-24(9-7-22)17-14-18(21-15-20-17)25-12-10-23(11-13-25)16-4-2-3-5-19-16/h2-5,14-15H,6-13H2,1H3. The molecule has 4 heterocycles. The number of aromatic nitrogens is 3. The van der Waals surface area contributed by atoms with Crippen LogP contribution in [0.3, 0.4) is 0 Å². The smallest absolute Gasteiger partial charge is 0.134 e. The Morgan fingerprint density at radius 2 is 1.24 bits per heavy atom. The Morgan fingerprint density at radius 3 is 1.80 bits per heavy atom. The van der Waals surface area contributed by atoms with Gasteiger partial charge in [0.25, 0.3) is 0 Å². The van der Waals surface area contributed by atoms with Gasteiger partial charge in [0.05, 0.1) is 0 Å². The monoisotopic (exact) mass is 339 g/mol. The minimum absolute atomic E-state index is 0.954. The molecule has 2 fully saturated rings. The molecule has 0 atom stereocenters. The Kier molecular flexibility index (Phi) is 4.65. The van der Waals surface area contributed by atoms with E-state index in [0.29, 0.717) is 0 Å². The Hall–Kier alpha value is -2.41. The molecule has 0 unspecified atom stereocenters. The van der Waals surface area contributed by atoms with Crippen LogP contribution in [0.1, 0.15) is 0 Å². The highest BCUT2D eigenvalue weighted by molar-refractivity contribution is 5.52. The van der Waals surface area contributed by atoms with E-state index in [1.165, 1.54) is 0 Å². The largest absolute Gasteiger partial charge is 0.354 e. The van der Waals surface area contributed by atoms with E-state index in [1.54, 1.807) is 6.33 Å². The van der Waals surface area contributed by atoms with Crippen molar-refractivity contribution in [1.82, 2.24) is 19.9 Å². The number of nitrogens with zero attached hydrogens (tertiary/aromatic N) is 7. The maximum Gasteiger partial charge on any atom is 0.134 e. The molecule has 0 aliphatic carbocycles. The van der Waals surface area contributed by atoms with E-state index in [2.05, 4.69) is 53.7 Å². The summed E-state index contributed by atoms with van der Waals surface area (Å²) >= 11 is 0. The second-order valence-electron chi connectivity index (χ2n) is 6.69. The van der Waals surface area contributed by atoms with Gasteiger partial charge in [-0.15, -0.1) is 0 Å². The fourth-order valence-electron chi connectivity index (χ4n) is 3.42. The second-order valence-corrected chi connectivity index (χ2v) is 6.69. The SMILES string of the molecule is CN1CCN(c2cc(N3CCN(c4ccccn4)CC3)ncn2)CC1. The van der Waals surface area contributed by atoms with Gasteiger partial charge in [0.2, 0.25) is 0 Å². The molecule has 0 radical (unpaired) electrons. The lowest BCUT2D eigenvalue weighted by Gasteiger charge is -2.37. The predicted molar refractivity (Wildman–Crippen MR) is 100 cm³/mol. The second kappa shape index (κ2) is 7.23. The first-order chi connectivity index (χ1) is 12.3. The number of piperazine rings is 2. The number of hydrogen-bond acceptors (Lipinski definition) is 7. The van der Waals surface area contributed by atoms with Gasteiger partial charge in [-0.1, -0.05) is 6.07 Å². The van der Waals surface area contributed by atoms with Crippen LogP contribution in [0.2, 0.25) is 0 Å². The van der Waals surface area contributed by atoms with Crippen LogP contribution in [-0.2, 0) is 0 Å². The quantitative estimate of drug-likeness (QED) is 0.825. The highest BCUT2D eigenvalue weighted by atomic mass is 15.3. The van der Waals surface area contributed by atoms with Gasteiger partial charge in [-0.2, -0.15) is 0 Å². The van der Waals surface area contributed by atoms with Crippen molar-refractivity contribution < 1.29 is 0 Å². The average molecular weight is 339 g/mol. The van der Waals surface area contributed by atoms with Gasteiger partial charge in [0, 0.05) is 64.6 Å². The van der Waals surface area contributed by atoms with Crippen molar-refractivity contribution in [1.29, 1.82) is 0 Å². The van der Waals surface area contributed by atoms with Gasteiger partial charge < -0.3 is 19.6 Å². The summed E-state index contributed by atoms with van der Waals surface area (Å²) in [5.74, 6) is 3.14. The number of pyridine rings is 1. The lowest BCUT2D eigenvalue weighted by atomic mass is 10.3. The van der Waals surface area contributed by atoms with E-state index >= 15 is 0 Å². The third-order valence-electron chi connectivity index (χ3n) is 5.04. The summed E-state index contributed by atoms with van der Waals surface area (Å²) in [5.41, 5.74) is 0. The summed E-state index contributed by atoms with van der Waals surface area (Å²) in [6.45, 7) is 8.06. The van der Waals surface area contributed by atoms with Gasteiger partial charge in [0.1, 0.15) is 23.8 Å². The van der Waals surface area contributed by atoms with Crippen molar-refractivity contribution >= 4 is 17.5 Å². The van der Waals surface area contributed by atoms with Crippen LogP contribution in [0.15, 0.2) is 36.8 Å². The molecule has 0 amide bonds. The summed E-state index contributed by atoms with van der Waals surface area (Å²) in [5, 5.41) is 0. The molecule has 0 aromatic carbocycles. The van der Waals surface area contributed by atoms with E-state index in [4.69, 9.17) is 0 Å². The van der Waals surface area contributed by atoms with E-state index in [9.17, 15) is 0 Å². The molecule has 7 nitrogen and oxygen atoms in total. The van der Waals surface area contributed by atoms with Gasteiger partial charge in [-0.25, -0.2) is 15.0 Å². The third-order valence-corrected chi connectivity index (χ3v) is 5.04. The Labute approximate surface area is 148 Å². The summed E-state index contributed by atoms with van der Waals surface area (Å²) in [4.78, 5) is 22.9. The van der Waals surface area contributed by atoms with Crippen LogP contribution in [0.4, 0.5) is 17.5 Å². The molecule has 2 aliphatic rings. The fourth-order valence-corrected chi connectivity index (χ4v) is 3.42. The maximum absolute atomic E-state index is 4.51. The van der Waals surface area contributed by atoms with Crippen LogP contribution >= 0.6 is 0 Å². The van der Waals surface area contributed by atoms with Gasteiger partial charge in [0.15, 0.2) is 0 Å². The highest BCUT2D eigenvalue weighted by Gasteiger charge is 2.21. The number of rotatable bonds is 3. The Balaban J connectivity index is 1.40. The normalized spacial score (nSPS) is 19.3. The van der Waals surface area contributed by atoms with Crippen molar-refractivity contribution in [2.45, 2.75) is 0 Å². The zero-order chi connectivity index (χ0) is 17.1. The van der Waals surface area contributed by atoms with Crippen LogP contribution in [0.25, 0.3) is 0 Å². The molecule has 0 spiro atoms. The molecule has 2 aromatic heterocycles. The van der Waals surface area contributed by atoms with Crippen LogP contribution in [0, 0.1) is 0 Å². The van der Waals surface area contributed by atoms with Crippen molar-refractivity contribution in [2.75, 3.05) is 74.1 Å². The average Bonchev–Trinajstić information content (AvgIpc) is 2.69. The molecule has 4 rings (SSSR count). The Morgan fingerprint density at radius 1 is 0.680 bits per heavy atom. The van der Waals surface area contributed by atoms with Crippen molar-refractivity contribution in [2.24, 2.45) is 0 Å². The van der Waals surface area contributed by atoms with Crippen molar-refractivity contribution in [3.8, 4) is 0 Å². The number of hydrogen-bond donors (Lipinski definition) is 0. The topological polar surface area (TPSA) is 51.6 Å². The molecule has 0 saturated carbocycles. The zero-order valence-corrected chi connectivity index (χ0v) is 14.8. The first kappa shape index (κ1) is 16.1. The predicted octanol–water partition coefficient (Wildman–Crippen LogP) is 0.950. The lowest BCUT2D eigenvalue weighted by Crippen LogP contribution is -2.47. The van der Waals surface area contributed by atoms with E-state index < -0.39 is 0 Å². The molecule has 0 bridgehead atoms. The highest BCUT2D eigenvalue weighted by Crippen LogP contribution is 2.21. The zero-order valence-electron chi connectivity index (χ0n) is 14.8. The van der Waals surface area contributed by atoms with Gasteiger partial charge in [-0.05, 0) is 19.2 Å². The molecular weight excluding hydrogens is 314 g/mol. The fraction of sp³-hybridized carbons (Fsp3) is 0.500. The molecule has 25 heavy (non-hydrogen) atoms. The van der Waals surface area contributed by atoms with Gasteiger partial charge in [-0.3, -0.25) is 0 Å². The molecule has 2 saturated heterocycles. The van der Waals surface area contributed by atoms with Crippen LogP contribution in [0.5, 0.6) is 0 Å². The first-order valence-corrected chi connectivity index (χ1v) is 8.96.